The normalized spacial score (nSPS) is 11.0. The molecule has 0 saturated heterocycles. The van der Waals surface area contributed by atoms with Gasteiger partial charge in [-0.3, -0.25) is 19.2 Å². The van der Waals surface area contributed by atoms with Gasteiger partial charge in [0.05, 0.1) is 63.1 Å². The highest BCUT2D eigenvalue weighted by molar-refractivity contribution is 9.09. The van der Waals surface area contributed by atoms with Crippen molar-refractivity contribution in [1.29, 1.82) is 0 Å². The van der Waals surface area contributed by atoms with Crippen molar-refractivity contribution < 1.29 is 33.8 Å². The summed E-state index contributed by atoms with van der Waals surface area (Å²) < 4.78 is 9.37. The van der Waals surface area contributed by atoms with Gasteiger partial charge in [0.15, 0.2) is 15.4 Å². The van der Waals surface area contributed by atoms with Crippen LogP contribution in [-0.4, -0.2) is 63.4 Å². The predicted molar refractivity (Wildman–Crippen MR) is 311 cm³/mol. The van der Waals surface area contributed by atoms with Crippen LogP contribution >= 0.6 is 85.6 Å². The number of nitrogens with two attached hydrogens (primary N) is 1. The molecule has 0 fully saturated rings. The van der Waals surface area contributed by atoms with Crippen LogP contribution in [0.4, 0.5) is 27.3 Å². The third-order valence-electron chi connectivity index (χ3n) is 13.1. The topological polar surface area (TPSA) is 195 Å². The number of carboxylic acid groups (broad SMARTS) is 1. The molecule has 0 aliphatic heterocycles. The highest BCUT2D eigenvalue weighted by Crippen LogP contribution is 2.41. The van der Waals surface area contributed by atoms with Crippen molar-refractivity contribution >= 4 is 142 Å². The lowest BCUT2D eigenvalue weighted by Crippen LogP contribution is -2.31. The maximum Gasteiger partial charge on any atom is 0.305 e. The molecule has 20 heteroatoms. The summed E-state index contributed by atoms with van der Waals surface area (Å²) in [5.74, 6) is -1.01. The molecule has 0 spiro atoms. The minimum absolute atomic E-state index is 0.106. The number of hydrogen-bond acceptors (Lipinski definition) is 13. The van der Waals surface area contributed by atoms with Crippen molar-refractivity contribution in [1.82, 2.24) is 9.97 Å². The minimum atomic E-state index is -0.763. The maximum absolute atomic E-state index is 11.8. The van der Waals surface area contributed by atoms with E-state index in [9.17, 15) is 19.2 Å². The van der Waals surface area contributed by atoms with Crippen molar-refractivity contribution in [2.45, 2.75) is 129 Å². The van der Waals surface area contributed by atoms with E-state index in [1.807, 2.05) is 86.0 Å². The first-order valence-electron chi connectivity index (χ1n) is 24.0. The summed E-state index contributed by atoms with van der Waals surface area (Å²) in [6, 6.07) is 22.4. The first-order valence-corrected chi connectivity index (χ1v) is 28.4. The molecule has 13 nitrogen and oxygen atoms in total. The average Bonchev–Trinajstić information content (AvgIpc) is 4.08. The Bertz CT molecular complexity index is 2500. The molecule has 5 rings (SSSR count). The number of aliphatic carboxylic acids is 1. The quantitative estimate of drug-likeness (QED) is 0.0222. The van der Waals surface area contributed by atoms with Crippen LogP contribution in [0.25, 0.3) is 0 Å². The fourth-order valence-electron chi connectivity index (χ4n) is 7.90. The molecule has 0 radical (unpaired) electrons. The summed E-state index contributed by atoms with van der Waals surface area (Å²) in [4.78, 5) is 54.8. The number of anilines is 5. The molecule has 2 heterocycles. The fourth-order valence-corrected chi connectivity index (χ4v) is 10.8. The summed E-state index contributed by atoms with van der Waals surface area (Å²) in [6.45, 7) is 12.4. The summed E-state index contributed by atoms with van der Waals surface area (Å²) >= 11 is 29.0. The Kier molecular flexibility index (Phi) is 29.7. The molecule has 6 N–H and O–H groups in total. The number of carbonyl (C=O) groups excluding carboxylic acids is 3. The molecular weight excluding hydrogens is 1120 g/mol. The number of nitrogens with one attached hydrogen (secondary N) is 3. The van der Waals surface area contributed by atoms with Gasteiger partial charge in [0.1, 0.15) is 5.78 Å². The van der Waals surface area contributed by atoms with Gasteiger partial charge >= 0.3 is 17.9 Å². The molecule has 5 aromatic rings. The van der Waals surface area contributed by atoms with Gasteiger partial charge in [-0.2, -0.15) is 0 Å². The second kappa shape index (κ2) is 33.5. The van der Waals surface area contributed by atoms with Crippen molar-refractivity contribution in [3.05, 3.63) is 110 Å². The van der Waals surface area contributed by atoms with Crippen LogP contribution in [-0.2, 0) is 39.5 Å². The Hall–Kier alpha value is -4.36. The van der Waals surface area contributed by atoms with Crippen LogP contribution in [0.5, 0.6) is 0 Å². The first kappa shape index (κ1) is 64.8. The second-order valence-corrected chi connectivity index (χ2v) is 20.8. The lowest BCUT2D eigenvalue weighted by Gasteiger charge is -2.29. The highest BCUT2D eigenvalue weighted by atomic mass is 79.9. The number of aromatic nitrogens is 2. The third kappa shape index (κ3) is 20.7. The third-order valence-corrected chi connectivity index (χ3v) is 16.2. The molecule has 2 aromatic heterocycles. The van der Waals surface area contributed by atoms with Gasteiger partial charge in [0, 0.05) is 46.3 Å². The van der Waals surface area contributed by atoms with E-state index in [4.69, 9.17) is 60.3 Å². The van der Waals surface area contributed by atoms with Crippen LogP contribution < -0.4 is 21.7 Å². The van der Waals surface area contributed by atoms with Crippen LogP contribution in [0.15, 0.2) is 83.6 Å². The molecule has 0 saturated carbocycles. The van der Waals surface area contributed by atoms with E-state index in [0.717, 1.165) is 83.7 Å². The van der Waals surface area contributed by atoms with E-state index in [-0.39, 0.29) is 45.5 Å². The average molecular weight is 1190 g/mol. The Morgan fingerprint density at radius 3 is 1.33 bits per heavy atom. The summed E-state index contributed by atoms with van der Waals surface area (Å²) in [7, 11) is 2.80. The Morgan fingerprint density at radius 2 is 1.00 bits per heavy atom. The number of carbonyl (C=O) groups is 4. The number of esters is 2. The maximum atomic E-state index is 11.8. The van der Waals surface area contributed by atoms with E-state index in [1.165, 1.54) is 25.6 Å². The number of halogens is 4. The van der Waals surface area contributed by atoms with E-state index < -0.39 is 5.97 Å². The molecule has 400 valence electrons. The first-order chi connectivity index (χ1) is 34.8. The zero-order valence-electron chi connectivity index (χ0n) is 42.9. The molecule has 0 aliphatic rings. The lowest BCUT2D eigenvalue weighted by atomic mass is 9.75. The number of ketones is 1. The number of alkyl halides is 1. The zero-order valence-corrected chi connectivity index (χ0v) is 49.2. The fraction of sp³-hybridized carbons (Fsp3) is 0.453. The molecule has 0 amide bonds. The Labute approximate surface area is 468 Å². The highest BCUT2D eigenvalue weighted by Gasteiger charge is 2.35. The number of para-hydroxylation sites is 3. The van der Waals surface area contributed by atoms with Crippen molar-refractivity contribution in [3.63, 3.8) is 0 Å². The predicted octanol–water partition coefficient (Wildman–Crippen LogP) is 15.7. The minimum Gasteiger partial charge on any atom is -0.481 e. The number of carboxylic acids is 1. The molecule has 3 aromatic carbocycles. The number of thiazole rings is 2. The molecular formula is C53H70BrCl3N6O7S3. The molecule has 0 bridgehead atoms. The SMILES string of the molecule is CCC(CC)(CCC(=O)O)c1csc(Nc2ccccc2Cl)n1.CCC(CC)(CCC(=O)OC)C(=O)CBr.CCC(CC)(CCC(=O)OC)c1csc(Nc2ccccc2Cl)n1.NC(=S)Nc1ccccc1Cl. The number of rotatable bonds is 24. The van der Waals surface area contributed by atoms with Gasteiger partial charge in [-0.1, -0.05) is 129 Å². The number of hydrogen-bond donors (Lipinski definition) is 5. The van der Waals surface area contributed by atoms with Gasteiger partial charge in [0.25, 0.3) is 0 Å². The van der Waals surface area contributed by atoms with Crippen LogP contribution in [0.2, 0.25) is 15.1 Å². The number of ether oxygens (including phenoxy) is 2. The molecule has 0 atom stereocenters. The van der Waals surface area contributed by atoms with E-state index in [0.29, 0.717) is 46.1 Å². The number of nitrogens with zero attached hydrogens (tertiary/aromatic N) is 2. The van der Waals surface area contributed by atoms with Gasteiger partial charge in [-0.15, -0.1) is 22.7 Å². The standard InChI is InChI=1S/C18H23ClN2O2S.C17H21ClN2O2S.C11H19BrO3.C7H7ClN2S/c1-4-18(5-2,11-10-16(22)23-3)15-12-24-17(21-15)20-14-9-7-6-8-13(14)19;1-3-17(4-2,10-9-15(21)22)14-11-23-16(20-14)19-13-8-6-5-7-12(13)18;1-4-11(5-2,9(13)8-12)7-6-10(14)15-3;8-5-3-1-2-4-6(5)10-7(9)11/h6-9,12H,4-5,10-11H2,1-3H3,(H,20,21);5-8,11H,3-4,9-10H2,1-2H3,(H,19,20)(H,21,22);4-8H2,1-3H3;1-4H,(H3,9,10,11). The number of thiocarbonyl (C=S) groups is 1. The van der Waals surface area contributed by atoms with Crippen molar-refractivity contribution in [2.24, 2.45) is 11.1 Å². The van der Waals surface area contributed by atoms with E-state index >= 15 is 0 Å². The number of Topliss-reactive ketones (excluding diaryl/α,β-unsaturated/α-hetero) is 1. The van der Waals surface area contributed by atoms with E-state index in [2.05, 4.69) is 81.9 Å². The zero-order chi connectivity index (χ0) is 54.6. The van der Waals surface area contributed by atoms with Gasteiger partial charge < -0.3 is 36.3 Å². The lowest BCUT2D eigenvalue weighted by molar-refractivity contribution is -0.142. The number of benzene rings is 3. The second-order valence-electron chi connectivity index (χ2n) is 16.8. The Balaban J connectivity index is 0.000000348. The van der Waals surface area contributed by atoms with Gasteiger partial charge in [-0.05, 0) is 106 Å². The summed E-state index contributed by atoms with van der Waals surface area (Å²) in [5.41, 5.74) is 8.98. The van der Waals surface area contributed by atoms with Crippen molar-refractivity contribution in [3.8, 4) is 0 Å². The summed E-state index contributed by atoms with van der Waals surface area (Å²) in [6.07, 6.45) is 7.93. The smallest absolute Gasteiger partial charge is 0.305 e. The van der Waals surface area contributed by atoms with E-state index in [1.54, 1.807) is 17.4 Å². The van der Waals surface area contributed by atoms with Crippen LogP contribution in [0.1, 0.15) is 130 Å². The molecule has 73 heavy (non-hydrogen) atoms. The molecule has 0 unspecified atom stereocenters. The van der Waals surface area contributed by atoms with Crippen molar-refractivity contribution in [2.75, 3.05) is 35.5 Å². The van der Waals surface area contributed by atoms with Gasteiger partial charge in [-0.25, -0.2) is 9.97 Å². The van der Waals surface area contributed by atoms with Crippen LogP contribution in [0.3, 0.4) is 0 Å². The Morgan fingerprint density at radius 1 is 0.630 bits per heavy atom. The van der Waals surface area contributed by atoms with Crippen LogP contribution in [0, 0.1) is 5.41 Å². The summed E-state index contributed by atoms with van der Waals surface area (Å²) in [5, 5.41) is 26.4. The largest absolute Gasteiger partial charge is 0.481 e. The number of methoxy groups -OCH3 is 2. The van der Waals surface area contributed by atoms with Gasteiger partial charge in [0.2, 0.25) is 0 Å². The monoisotopic (exact) mass is 1180 g/mol. The molecule has 0 aliphatic carbocycles.